The molecule has 0 aliphatic rings. The largest absolute Gasteiger partial charge is 2.00 e. The van der Waals surface area contributed by atoms with E-state index in [1.165, 1.54) is 7.05 Å². The van der Waals surface area contributed by atoms with Crippen molar-refractivity contribution in [2.24, 2.45) is 5.73 Å². The van der Waals surface area contributed by atoms with Crippen LogP contribution in [0.25, 0.3) is 0 Å². The van der Waals surface area contributed by atoms with Crippen LogP contribution < -0.4 is 5.73 Å². The van der Waals surface area contributed by atoms with Gasteiger partial charge in [-0.05, 0) is 7.05 Å². The smallest absolute Gasteiger partial charge is 1.00 e. The van der Waals surface area contributed by atoms with E-state index in [4.69, 9.17) is 0 Å². The van der Waals surface area contributed by atoms with E-state index in [0.29, 0.717) is 0 Å². The maximum atomic E-state index is 4.50. The van der Waals surface area contributed by atoms with Crippen LogP contribution in [0.4, 0.5) is 0 Å². The van der Waals surface area contributed by atoms with Gasteiger partial charge in [0, 0.05) is 21.7 Å². The molecule has 0 saturated carbocycles. The van der Waals surface area contributed by atoms with Gasteiger partial charge in [-0.1, -0.05) is 0 Å². The zero-order valence-electron chi connectivity index (χ0n) is 4.78. The van der Waals surface area contributed by atoms with Crippen molar-refractivity contribution in [3.8, 4) is 0 Å². The van der Waals surface area contributed by atoms with E-state index in [1.807, 2.05) is 0 Å². The van der Waals surface area contributed by atoms with Crippen LogP contribution in [0.2, 0.25) is 0 Å². The topological polar surface area (TPSA) is 26.0 Å². The number of nitrogens with two attached hydrogens (primary N) is 1. The summed E-state index contributed by atoms with van der Waals surface area (Å²) < 4.78 is 0. The van der Waals surface area contributed by atoms with Crippen molar-refractivity contribution in [3.63, 3.8) is 0 Å². The Balaban J connectivity index is -0.000000000833. The molecule has 0 heterocycles. The molecule has 0 unspecified atom stereocenters. The Morgan fingerprint density at radius 3 is 1.50 bits per heavy atom. The Labute approximate surface area is 74.2 Å². The van der Waals surface area contributed by atoms with E-state index in [9.17, 15) is 0 Å². The molecule has 22 valence electrons. The van der Waals surface area contributed by atoms with Gasteiger partial charge in [0.05, 0.1) is 0 Å². The minimum Gasteiger partial charge on any atom is -1.00 e. The first-order chi connectivity index (χ1) is 1.00. The zero-order chi connectivity index (χ0) is 2.00. The molecular weight excluding hydrogens is 114 g/mol. The second-order valence-corrected chi connectivity index (χ2v) is 0. The van der Waals surface area contributed by atoms with Gasteiger partial charge in [0.25, 0.3) is 0 Å². The van der Waals surface area contributed by atoms with E-state index >= 15 is 0 Å². The molecule has 0 amide bonds. The summed E-state index contributed by atoms with van der Waals surface area (Å²) in [5, 5.41) is 0. The zero-order valence-corrected chi connectivity index (χ0v) is 6.55. The van der Waals surface area contributed by atoms with Crippen LogP contribution in [-0.4, -0.2) is 44.8 Å². The van der Waals surface area contributed by atoms with E-state index in [-0.39, 0.29) is 62.3 Å². The Bertz CT molecular complexity index is 13.5. The Morgan fingerprint density at radius 2 is 1.50 bits per heavy atom. The van der Waals surface area contributed by atoms with Gasteiger partial charge in [0.1, 0.15) is 0 Å². The van der Waals surface area contributed by atoms with Gasteiger partial charge in [-0.25, -0.2) is 0 Å². The summed E-state index contributed by atoms with van der Waals surface area (Å²) in [6.07, 6.45) is 0. The van der Waals surface area contributed by atoms with Gasteiger partial charge >= 0.3 is 37.7 Å². The molecule has 2 N–H and O–H groups in total. The Kier molecular flexibility index (Phi) is 85.6. The molecular formula is CH7CaNTi. The predicted molar refractivity (Wildman–Crippen MR) is 18.1 cm³/mol. The fourth-order valence-corrected chi connectivity index (χ4v) is 0. The van der Waals surface area contributed by atoms with E-state index in [1.54, 1.807) is 0 Å². The monoisotopic (exact) mass is 121 g/mol. The van der Waals surface area contributed by atoms with Crippen molar-refractivity contribution in [1.29, 1.82) is 0 Å². The van der Waals surface area contributed by atoms with Gasteiger partial charge in [-0.3, -0.25) is 0 Å². The maximum Gasteiger partial charge on any atom is 2.00 e. The van der Waals surface area contributed by atoms with Gasteiger partial charge in [-0.2, -0.15) is 0 Å². The van der Waals surface area contributed by atoms with Crippen molar-refractivity contribution in [1.82, 2.24) is 0 Å². The normalized spacial score (nSPS) is 1.50. The third kappa shape index (κ3) is 9.05. The van der Waals surface area contributed by atoms with Crippen LogP contribution in [-0.2, 0) is 21.7 Å². The molecule has 0 spiro atoms. The average Bonchev–Trinajstić information content (AvgIpc) is 1.00. The summed E-state index contributed by atoms with van der Waals surface area (Å²) in [5.41, 5.74) is 4.50. The quantitative estimate of drug-likeness (QED) is 0.426. The van der Waals surface area contributed by atoms with Crippen molar-refractivity contribution in [2.75, 3.05) is 7.05 Å². The molecule has 0 rings (SSSR count). The molecule has 0 aliphatic carbocycles. The predicted octanol–water partition coefficient (Wildman–Crippen LogP) is -0.583. The van der Waals surface area contributed by atoms with Gasteiger partial charge in [-0.15, -0.1) is 0 Å². The van der Waals surface area contributed by atoms with E-state index in [2.05, 4.69) is 5.73 Å². The molecule has 0 aromatic rings. The van der Waals surface area contributed by atoms with Gasteiger partial charge in [0.15, 0.2) is 0 Å². The second kappa shape index (κ2) is 20.4. The first-order valence-electron chi connectivity index (χ1n) is 0.577. The summed E-state index contributed by atoms with van der Waals surface area (Å²) in [7, 11) is 1.50. The average molecular weight is 121 g/mol. The summed E-state index contributed by atoms with van der Waals surface area (Å²) in [6.45, 7) is 0. The van der Waals surface area contributed by atoms with Crippen molar-refractivity contribution in [2.45, 2.75) is 0 Å². The molecule has 0 radical (unpaired) electrons. The van der Waals surface area contributed by atoms with Gasteiger partial charge < -0.3 is 8.59 Å². The third-order valence-corrected chi connectivity index (χ3v) is 0. The van der Waals surface area contributed by atoms with Crippen LogP contribution in [0.5, 0.6) is 0 Å². The van der Waals surface area contributed by atoms with Crippen LogP contribution in [0.15, 0.2) is 0 Å². The summed E-state index contributed by atoms with van der Waals surface area (Å²) >= 11 is 0. The summed E-state index contributed by atoms with van der Waals surface area (Å²) in [4.78, 5) is 0. The van der Waals surface area contributed by atoms with Crippen molar-refractivity contribution < 1.29 is 24.6 Å². The molecule has 0 saturated heterocycles. The molecule has 0 fully saturated rings. The van der Waals surface area contributed by atoms with Crippen molar-refractivity contribution >= 4 is 37.7 Å². The Morgan fingerprint density at radius 1 is 1.50 bits per heavy atom. The van der Waals surface area contributed by atoms with Crippen LogP contribution in [0.3, 0.4) is 0 Å². The SMILES string of the molecule is CN.[Ca+2].[H-].[H-].[Ti]. The maximum absolute atomic E-state index is 4.50. The molecule has 0 aliphatic heterocycles. The molecule has 0 aromatic heterocycles. The first kappa shape index (κ1) is 16.8. The van der Waals surface area contributed by atoms with E-state index < -0.39 is 0 Å². The first-order valence-corrected chi connectivity index (χ1v) is 0.577. The van der Waals surface area contributed by atoms with Crippen LogP contribution >= 0.6 is 0 Å². The molecule has 3 heteroatoms. The third-order valence-electron chi connectivity index (χ3n) is 0. The summed E-state index contributed by atoms with van der Waals surface area (Å²) in [6, 6.07) is 0. The minimum atomic E-state index is 0. The standard InChI is InChI=1S/CH5N.Ca.Ti.2H/c1-2;;;;/h2H2,1H3;;;;/q;+2;;2*-1. The minimum absolute atomic E-state index is 0. The molecule has 1 nitrogen and oxygen atoms in total. The van der Waals surface area contributed by atoms with E-state index in [0.717, 1.165) is 0 Å². The molecule has 0 bridgehead atoms. The molecule has 0 aromatic carbocycles. The summed E-state index contributed by atoms with van der Waals surface area (Å²) in [5.74, 6) is 0. The molecule has 0 atom stereocenters. The van der Waals surface area contributed by atoms with Crippen molar-refractivity contribution in [3.05, 3.63) is 0 Å². The van der Waals surface area contributed by atoms with Crippen LogP contribution in [0.1, 0.15) is 2.85 Å². The number of hydrogen-bond donors (Lipinski definition) is 1. The van der Waals surface area contributed by atoms with Gasteiger partial charge in [0.2, 0.25) is 0 Å². The molecule has 4 heavy (non-hydrogen) atoms. The second-order valence-electron chi connectivity index (χ2n) is 0. The van der Waals surface area contributed by atoms with Crippen LogP contribution in [0, 0.1) is 0 Å². The fraction of sp³-hybridized carbons (Fsp3) is 1.00. The Hall–Kier alpha value is 1.93. The number of rotatable bonds is 0. The fourth-order valence-electron chi connectivity index (χ4n) is 0. The number of hydrogen-bond acceptors (Lipinski definition) is 1.